The first kappa shape index (κ1) is 22.8. The molecule has 5 rings (SSSR count). The normalized spacial score (nSPS) is 18.1. The van der Waals surface area contributed by atoms with E-state index in [-0.39, 0.29) is 35.2 Å². The molecule has 4 amide bonds. The van der Waals surface area contributed by atoms with Crippen LogP contribution < -0.4 is 5.32 Å². The number of hydrogen-bond donors (Lipinski definition) is 1. The van der Waals surface area contributed by atoms with Gasteiger partial charge in [0.15, 0.2) is 0 Å². The van der Waals surface area contributed by atoms with Gasteiger partial charge in [0.05, 0.1) is 17.3 Å². The Labute approximate surface area is 201 Å². The number of nitrogens with zero attached hydrogens (tertiary/aromatic N) is 4. The molecule has 3 aromatic rings. The first-order valence-electron chi connectivity index (χ1n) is 10.5. The van der Waals surface area contributed by atoms with E-state index in [0.717, 1.165) is 9.58 Å². The summed E-state index contributed by atoms with van der Waals surface area (Å²) in [5, 5.41) is 10.2. The molecule has 0 spiro atoms. The molecule has 2 aromatic carbocycles. The Morgan fingerprint density at radius 3 is 2.46 bits per heavy atom. The number of fused-ring (bicyclic) bond motifs is 1. The number of amides is 4. The van der Waals surface area contributed by atoms with Crippen molar-refractivity contribution in [3.05, 3.63) is 70.4 Å². The van der Waals surface area contributed by atoms with Crippen LogP contribution >= 0.6 is 11.6 Å². The molecule has 2 aliphatic rings. The Kier molecular flexibility index (Phi) is 5.43. The summed E-state index contributed by atoms with van der Waals surface area (Å²) < 4.78 is 30.3. The Balaban J connectivity index is 1.38. The zero-order chi connectivity index (χ0) is 24.9. The van der Waals surface area contributed by atoms with Crippen LogP contribution in [0.25, 0.3) is 11.3 Å². The van der Waals surface area contributed by atoms with Crippen LogP contribution in [-0.2, 0) is 22.1 Å². The molecule has 1 aromatic heterocycles. The summed E-state index contributed by atoms with van der Waals surface area (Å²) in [5.74, 6) is -5.73. The van der Waals surface area contributed by atoms with Crippen LogP contribution in [0.5, 0.6) is 0 Å². The zero-order valence-corrected chi connectivity index (χ0v) is 18.6. The summed E-state index contributed by atoms with van der Waals surface area (Å²) in [5.41, 5.74) is 0.535. The quantitative estimate of drug-likeness (QED) is 0.540. The highest BCUT2D eigenvalue weighted by molar-refractivity contribution is 6.30. The van der Waals surface area contributed by atoms with E-state index in [1.807, 2.05) is 0 Å². The molecule has 9 nitrogen and oxygen atoms in total. The molecule has 35 heavy (non-hydrogen) atoms. The van der Waals surface area contributed by atoms with Crippen LogP contribution in [0.4, 0.5) is 8.78 Å². The molecular formula is C23H16ClF2N5O4. The first-order chi connectivity index (χ1) is 16.6. The molecule has 178 valence electrons. The summed E-state index contributed by atoms with van der Waals surface area (Å²) in [6.07, 6.45) is 1.36. The number of aromatic nitrogens is 3. The second-order valence-electron chi connectivity index (χ2n) is 8.22. The second kappa shape index (κ2) is 8.35. The average Bonchev–Trinajstić information content (AvgIpc) is 3.37. The van der Waals surface area contributed by atoms with Gasteiger partial charge in [0.25, 0.3) is 17.7 Å². The van der Waals surface area contributed by atoms with Crippen molar-refractivity contribution in [3.8, 4) is 11.3 Å². The van der Waals surface area contributed by atoms with Gasteiger partial charge in [0, 0.05) is 22.6 Å². The van der Waals surface area contributed by atoms with Gasteiger partial charge in [-0.2, -0.15) is 8.78 Å². The molecule has 0 aliphatic carbocycles. The lowest BCUT2D eigenvalue weighted by atomic mass is 10.0. The minimum Gasteiger partial charge on any atom is -0.295 e. The maximum absolute atomic E-state index is 14.7. The molecule has 0 saturated carbocycles. The van der Waals surface area contributed by atoms with Crippen molar-refractivity contribution in [1.29, 1.82) is 0 Å². The van der Waals surface area contributed by atoms with E-state index >= 15 is 0 Å². The van der Waals surface area contributed by atoms with E-state index in [2.05, 4.69) is 15.6 Å². The third-order valence-electron chi connectivity index (χ3n) is 5.90. The van der Waals surface area contributed by atoms with E-state index in [1.165, 1.54) is 48.7 Å². The fourth-order valence-electron chi connectivity index (χ4n) is 4.13. The number of benzene rings is 2. The molecule has 12 heteroatoms. The molecule has 1 saturated heterocycles. The molecule has 0 bridgehead atoms. The fraction of sp³-hybridized carbons (Fsp3) is 0.217. The molecule has 1 unspecified atom stereocenters. The van der Waals surface area contributed by atoms with E-state index in [4.69, 9.17) is 11.6 Å². The maximum atomic E-state index is 14.7. The summed E-state index contributed by atoms with van der Waals surface area (Å²) in [6.45, 7) is -0.771. The SMILES string of the molecule is O=C1CCC(N2C(=O)c3ccc(-c4cn(CC(F)(F)c5ccc(Cl)cc5)nn4)cc3C2=O)C(=O)N1. The van der Waals surface area contributed by atoms with E-state index in [1.54, 1.807) is 0 Å². The standard InChI is InChI=1S/C23H16ClF2N5O4/c24-14-4-2-13(3-5-14)23(25,26)11-30-10-17(28-29-30)12-1-6-15-16(9-12)22(35)31(21(15)34)18-7-8-19(32)27-20(18)33/h1-6,9-10,18H,7-8,11H2,(H,27,32,33). The number of rotatable bonds is 5. The minimum absolute atomic E-state index is 0.0127. The number of imide groups is 2. The maximum Gasteiger partial charge on any atom is 0.292 e. The van der Waals surface area contributed by atoms with Crippen molar-refractivity contribution < 1.29 is 28.0 Å². The number of hydrogen-bond acceptors (Lipinski definition) is 6. The van der Waals surface area contributed by atoms with Gasteiger partial charge < -0.3 is 0 Å². The van der Waals surface area contributed by atoms with Crippen molar-refractivity contribution in [3.63, 3.8) is 0 Å². The van der Waals surface area contributed by atoms with Crippen molar-refractivity contribution in [2.24, 2.45) is 0 Å². The molecule has 1 N–H and O–H groups in total. The Morgan fingerprint density at radius 2 is 1.74 bits per heavy atom. The van der Waals surface area contributed by atoms with Crippen LogP contribution in [0.3, 0.4) is 0 Å². The molecule has 1 fully saturated rings. The number of nitrogens with one attached hydrogen (secondary N) is 1. The Morgan fingerprint density at radius 1 is 1.03 bits per heavy atom. The van der Waals surface area contributed by atoms with E-state index in [0.29, 0.717) is 10.6 Å². The Hall–Kier alpha value is -3.99. The van der Waals surface area contributed by atoms with E-state index in [9.17, 15) is 28.0 Å². The lowest BCUT2D eigenvalue weighted by Gasteiger charge is -2.27. The third kappa shape index (κ3) is 4.08. The fourth-order valence-corrected chi connectivity index (χ4v) is 4.25. The largest absolute Gasteiger partial charge is 0.295 e. The van der Waals surface area contributed by atoms with Gasteiger partial charge in [-0.05, 0) is 30.7 Å². The molecule has 0 radical (unpaired) electrons. The summed E-state index contributed by atoms with van der Waals surface area (Å²) in [7, 11) is 0. The highest BCUT2D eigenvalue weighted by Gasteiger charge is 2.44. The number of halogens is 3. The minimum atomic E-state index is -3.24. The molecule has 1 atom stereocenters. The van der Waals surface area contributed by atoms with Crippen molar-refractivity contribution in [2.75, 3.05) is 0 Å². The van der Waals surface area contributed by atoms with Crippen LogP contribution in [0, 0.1) is 0 Å². The van der Waals surface area contributed by atoms with Gasteiger partial charge in [-0.3, -0.25) is 29.4 Å². The monoisotopic (exact) mass is 499 g/mol. The van der Waals surface area contributed by atoms with E-state index < -0.39 is 42.1 Å². The highest BCUT2D eigenvalue weighted by atomic mass is 35.5. The van der Waals surface area contributed by atoms with Crippen molar-refractivity contribution in [2.45, 2.75) is 31.4 Å². The summed E-state index contributed by atoms with van der Waals surface area (Å²) >= 11 is 5.76. The van der Waals surface area contributed by atoms with Gasteiger partial charge >= 0.3 is 0 Å². The zero-order valence-electron chi connectivity index (χ0n) is 17.9. The highest BCUT2D eigenvalue weighted by Crippen LogP contribution is 2.33. The second-order valence-corrected chi connectivity index (χ2v) is 8.66. The van der Waals surface area contributed by atoms with Gasteiger partial charge in [-0.25, -0.2) is 4.68 Å². The number of carbonyl (C=O) groups excluding carboxylic acids is 4. The lowest BCUT2D eigenvalue weighted by molar-refractivity contribution is -0.136. The van der Waals surface area contributed by atoms with Gasteiger partial charge in [0.1, 0.15) is 18.3 Å². The number of carbonyl (C=O) groups is 4. The smallest absolute Gasteiger partial charge is 0.292 e. The predicted octanol–water partition coefficient (Wildman–Crippen LogP) is 2.79. The topological polar surface area (TPSA) is 114 Å². The lowest BCUT2D eigenvalue weighted by Crippen LogP contribution is -2.54. The predicted molar refractivity (Wildman–Crippen MR) is 117 cm³/mol. The molecular weight excluding hydrogens is 484 g/mol. The van der Waals surface area contributed by atoms with Crippen molar-refractivity contribution in [1.82, 2.24) is 25.2 Å². The van der Waals surface area contributed by atoms with Crippen LogP contribution in [0.15, 0.2) is 48.7 Å². The summed E-state index contributed by atoms with van der Waals surface area (Å²) in [6, 6.07) is 8.47. The van der Waals surface area contributed by atoms with Crippen LogP contribution in [0.1, 0.15) is 39.1 Å². The Bertz CT molecular complexity index is 1390. The molecule has 2 aliphatic heterocycles. The average molecular weight is 500 g/mol. The summed E-state index contributed by atoms with van der Waals surface area (Å²) in [4.78, 5) is 50.2. The third-order valence-corrected chi connectivity index (χ3v) is 6.15. The van der Waals surface area contributed by atoms with Gasteiger partial charge in [0.2, 0.25) is 11.8 Å². The van der Waals surface area contributed by atoms with Gasteiger partial charge in [-0.1, -0.05) is 35.0 Å². The van der Waals surface area contributed by atoms with Crippen molar-refractivity contribution >= 4 is 35.2 Å². The van der Waals surface area contributed by atoms with Crippen LogP contribution in [-0.4, -0.2) is 49.6 Å². The van der Waals surface area contributed by atoms with Crippen LogP contribution in [0.2, 0.25) is 5.02 Å². The van der Waals surface area contributed by atoms with Gasteiger partial charge in [-0.15, -0.1) is 5.10 Å². The number of alkyl halides is 2. The molecule has 3 heterocycles. The number of piperidine rings is 1. The first-order valence-corrected chi connectivity index (χ1v) is 10.9.